The maximum Gasteiger partial charge on any atom is 0.331 e. The molecule has 0 aromatic carbocycles. The van der Waals surface area contributed by atoms with E-state index in [1.165, 1.54) is 7.11 Å². The molecule has 0 spiro atoms. The first kappa shape index (κ1) is 42.0. The molecule has 0 atom stereocenters. The van der Waals surface area contributed by atoms with Crippen LogP contribution in [0.4, 0.5) is 0 Å². The van der Waals surface area contributed by atoms with Gasteiger partial charge in [0.25, 0.3) is 0 Å². The van der Waals surface area contributed by atoms with Crippen molar-refractivity contribution in [1.82, 2.24) is 0 Å². The molecule has 0 fully saturated rings. The summed E-state index contributed by atoms with van der Waals surface area (Å²) < 4.78 is 73.9. The Labute approximate surface area is 256 Å². The molecular formula is C28H56O15. The number of carbonyl (C=O) groups is 1. The third kappa shape index (κ3) is 38.9. The van der Waals surface area contributed by atoms with Gasteiger partial charge in [0.05, 0.1) is 166 Å². The van der Waals surface area contributed by atoms with Crippen molar-refractivity contribution in [3.05, 3.63) is 0 Å². The van der Waals surface area contributed by atoms with Crippen molar-refractivity contribution >= 4 is 5.97 Å². The maximum absolute atomic E-state index is 10.8. The van der Waals surface area contributed by atoms with Crippen LogP contribution in [-0.2, 0) is 71.1 Å². The highest BCUT2D eigenvalue weighted by molar-refractivity contribution is 5.70. The molecule has 0 saturated heterocycles. The van der Waals surface area contributed by atoms with Gasteiger partial charge in [0, 0.05) is 7.11 Å². The van der Waals surface area contributed by atoms with E-state index in [-0.39, 0.29) is 6.61 Å². The van der Waals surface area contributed by atoms with E-state index in [0.717, 1.165) is 0 Å². The van der Waals surface area contributed by atoms with Gasteiger partial charge in [-0.3, -0.25) is 0 Å². The molecular weight excluding hydrogens is 576 g/mol. The minimum atomic E-state index is -0.408. The zero-order valence-electron chi connectivity index (χ0n) is 26.3. The molecule has 0 rings (SSSR count). The topological polar surface area (TPSA) is 146 Å². The van der Waals surface area contributed by atoms with E-state index in [0.29, 0.717) is 159 Å². The first-order valence-electron chi connectivity index (χ1n) is 14.8. The molecule has 15 nitrogen and oxygen atoms in total. The molecule has 0 aliphatic carbocycles. The van der Waals surface area contributed by atoms with E-state index in [1.807, 2.05) is 0 Å². The lowest BCUT2D eigenvalue weighted by Crippen LogP contribution is -2.16. The average Bonchev–Trinajstić information content (AvgIpc) is 3.02. The van der Waals surface area contributed by atoms with Gasteiger partial charge >= 0.3 is 5.97 Å². The number of ether oxygens (including phenoxy) is 14. The van der Waals surface area contributed by atoms with Gasteiger partial charge in [0.2, 0.25) is 0 Å². The van der Waals surface area contributed by atoms with E-state index in [4.69, 9.17) is 61.6 Å². The van der Waals surface area contributed by atoms with Gasteiger partial charge in [-0.05, 0) is 0 Å². The summed E-state index contributed by atoms with van der Waals surface area (Å²) in [5, 5.41) is 0. The van der Waals surface area contributed by atoms with Gasteiger partial charge in [0.15, 0.2) is 0 Å². The largest absolute Gasteiger partial charge is 0.467 e. The van der Waals surface area contributed by atoms with Crippen molar-refractivity contribution in [1.29, 1.82) is 0 Å². The number of hydrogen-bond acceptors (Lipinski definition) is 15. The number of methoxy groups -OCH3 is 2. The lowest BCUT2D eigenvalue weighted by molar-refractivity contribution is -0.146. The van der Waals surface area contributed by atoms with Gasteiger partial charge in [-0.25, -0.2) is 4.79 Å². The lowest BCUT2D eigenvalue weighted by Gasteiger charge is -2.09. The summed E-state index contributed by atoms with van der Waals surface area (Å²) in [6.07, 6.45) is 0. The molecule has 0 aromatic heterocycles. The molecule has 43 heavy (non-hydrogen) atoms. The summed E-state index contributed by atoms with van der Waals surface area (Å²) in [6.45, 7) is 11.9. The summed E-state index contributed by atoms with van der Waals surface area (Å²) in [7, 11) is 2.96. The minimum absolute atomic E-state index is 0.0706. The Hall–Kier alpha value is -1.05. The van der Waals surface area contributed by atoms with Crippen LogP contribution in [0.2, 0.25) is 0 Å². The average molecular weight is 633 g/mol. The molecule has 0 N–H and O–H groups in total. The number of hydrogen-bond donors (Lipinski definition) is 0. The van der Waals surface area contributed by atoms with Gasteiger partial charge in [-0.2, -0.15) is 0 Å². The molecule has 0 radical (unpaired) electrons. The Kier molecular flexibility index (Phi) is 38.0. The van der Waals surface area contributed by atoms with Gasteiger partial charge in [0.1, 0.15) is 6.61 Å². The van der Waals surface area contributed by atoms with E-state index in [9.17, 15) is 4.79 Å². The van der Waals surface area contributed by atoms with Crippen molar-refractivity contribution in [2.45, 2.75) is 0 Å². The molecule has 0 aliphatic heterocycles. The summed E-state index contributed by atoms with van der Waals surface area (Å²) in [5.74, 6) is -0.408. The summed E-state index contributed by atoms with van der Waals surface area (Å²) >= 11 is 0. The van der Waals surface area contributed by atoms with Crippen LogP contribution in [0.1, 0.15) is 0 Å². The molecule has 258 valence electrons. The molecule has 0 bridgehead atoms. The fraction of sp³-hybridized carbons (Fsp3) is 0.964. The molecule has 0 heterocycles. The molecule has 15 heteroatoms. The van der Waals surface area contributed by atoms with Crippen LogP contribution < -0.4 is 0 Å². The van der Waals surface area contributed by atoms with Crippen LogP contribution in [0, 0.1) is 0 Å². The first-order chi connectivity index (χ1) is 21.3. The van der Waals surface area contributed by atoms with Crippen LogP contribution >= 0.6 is 0 Å². The van der Waals surface area contributed by atoms with E-state index < -0.39 is 5.97 Å². The minimum Gasteiger partial charge on any atom is -0.467 e. The second-order valence-corrected chi connectivity index (χ2v) is 8.36. The predicted octanol–water partition coefficient (Wildman–Crippen LogP) is 0.00500. The molecule has 0 aliphatic rings. The van der Waals surface area contributed by atoms with Crippen LogP contribution in [0.25, 0.3) is 0 Å². The standard InChI is InChI=1S/C28H56O15/c1-30-3-4-32-5-6-33-7-8-34-9-10-35-11-12-36-13-14-37-15-16-38-17-18-39-19-20-40-21-22-41-23-24-42-25-26-43-27-28(29)31-2/h3-27H2,1-2H3. The number of rotatable bonds is 38. The lowest BCUT2D eigenvalue weighted by atomic mass is 10.6. The Morgan fingerprint density at radius 2 is 0.488 bits per heavy atom. The van der Waals surface area contributed by atoms with Gasteiger partial charge in [-0.1, -0.05) is 0 Å². The normalized spacial score (nSPS) is 11.4. The van der Waals surface area contributed by atoms with Crippen LogP contribution in [0.15, 0.2) is 0 Å². The molecule has 0 saturated carbocycles. The van der Waals surface area contributed by atoms with Crippen LogP contribution in [0.3, 0.4) is 0 Å². The third-order valence-corrected chi connectivity index (χ3v) is 4.97. The van der Waals surface area contributed by atoms with Crippen molar-refractivity contribution < 1.29 is 71.1 Å². The number of carbonyl (C=O) groups excluding carboxylic acids is 1. The smallest absolute Gasteiger partial charge is 0.331 e. The molecule has 0 unspecified atom stereocenters. The Balaban J connectivity index is 3.04. The van der Waals surface area contributed by atoms with Crippen molar-refractivity contribution in [3.63, 3.8) is 0 Å². The van der Waals surface area contributed by atoms with Gasteiger partial charge in [-0.15, -0.1) is 0 Å². The van der Waals surface area contributed by atoms with Crippen molar-refractivity contribution in [2.75, 3.05) is 179 Å². The maximum atomic E-state index is 10.8. The van der Waals surface area contributed by atoms with E-state index >= 15 is 0 Å². The summed E-state index contributed by atoms with van der Waals surface area (Å²) in [4.78, 5) is 10.8. The Morgan fingerprint density at radius 1 is 0.302 bits per heavy atom. The van der Waals surface area contributed by atoms with Crippen molar-refractivity contribution in [2.24, 2.45) is 0 Å². The van der Waals surface area contributed by atoms with Crippen molar-refractivity contribution in [3.8, 4) is 0 Å². The molecule has 0 amide bonds. The fourth-order valence-corrected chi connectivity index (χ4v) is 2.78. The van der Waals surface area contributed by atoms with Gasteiger partial charge < -0.3 is 66.3 Å². The van der Waals surface area contributed by atoms with Crippen LogP contribution in [-0.4, -0.2) is 185 Å². The Bertz CT molecular complexity index is 530. The number of esters is 1. The predicted molar refractivity (Wildman–Crippen MR) is 154 cm³/mol. The summed E-state index contributed by atoms with van der Waals surface area (Å²) in [5.41, 5.74) is 0. The zero-order chi connectivity index (χ0) is 31.2. The highest BCUT2D eigenvalue weighted by atomic mass is 16.6. The second kappa shape index (κ2) is 39.0. The second-order valence-electron chi connectivity index (χ2n) is 8.36. The Morgan fingerprint density at radius 3 is 0.674 bits per heavy atom. The summed E-state index contributed by atoms with van der Waals surface area (Å²) in [6, 6.07) is 0. The monoisotopic (exact) mass is 632 g/mol. The highest BCUT2D eigenvalue weighted by Gasteiger charge is 1.99. The zero-order valence-corrected chi connectivity index (χ0v) is 26.3. The first-order valence-corrected chi connectivity index (χ1v) is 14.8. The van der Waals surface area contributed by atoms with E-state index in [2.05, 4.69) is 4.74 Å². The fourth-order valence-electron chi connectivity index (χ4n) is 2.78. The van der Waals surface area contributed by atoms with E-state index in [1.54, 1.807) is 7.11 Å². The SMILES string of the molecule is COCCOCCOCCOCCOCCOCCOCCOCCOCCOCCOCCOCCOCC(=O)OC. The quantitative estimate of drug-likeness (QED) is 0.0664. The third-order valence-electron chi connectivity index (χ3n) is 4.97. The molecule has 0 aromatic rings. The van der Waals surface area contributed by atoms with Crippen LogP contribution in [0.5, 0.6) is 0 Å². The highest BCUT2D eigenvalue weighted by Crippen LogP contribution is 1.87.